The Labute approximate surface area is 112 Å². The van der Waals surface area contributed by atoms with E-state index in [9.17, 15) is 0 Å². The molecule has 0 aromatic carbocycles. The number of thioether (sulfide) groups is 1. The third-order valence-electron chi connectivity index (χ3n) is 2.05. The van der Waals surface area contributed by atoms with Crippen molar-refractivity contribution in [2.45, 2.75) is 12.2 Å². The van der Waals surface area contributed by atoms with E-state index in [0.29, 0.717) is 6.42 Å². The second kappa shape index (κ2) is 8.60. The van der Waals surface area contributed by atoms with Gasteiger partial charge in [-0.1, -0.05) is 11.8 Å². The molecule has 94 valence electrons. The smallest absolute Gasteiger partial charge is 0.0540 e. The van der Waals surface area contributed by atoms with Crippen LogP contribution in [0.5, 0.6) is 0 Å². The molecule has 0 unspecified atom stereocenters. The first-order valence-electron chi connectivity index (χ1n) is 5.62. The Morgan fingerprint density at radius 2 is 2.29 bits per heavy atom. The van der Waals surface area contributed by atoms with Crippen molar-refractivity contribution in [3.05, 3.63) is 21.9 Å². The molecule has 17 heavy (non-hydrogen) atoms. The highest BCUT2D eigenvalue weighted by Crippen LogP contribution is 2.19. The van der Waals surface area contributed by atoms with Gasteiger partial charge in [-0.25, -0.2) is 0 Å². The normalized spacial score (nSPS) is 10.4. The van der Waals surface area contributed by atoms with Gasteiger partial charge in [-0.2, -0.15) is 11.8 Å². The summed E-state index contributed by atoms with van der Waals surface area (Å²) in [6.45, 7) is 1.27. The molecule has 0 saturated carbocycles. The van der Waals surface area contributed by atoms with Gasteiger partial charge in [0.05, 0.1) is 6.61 Å². The summed E-state index contributed by atoms with van der Waals surface area (Å²) < 4.78 is 0. The van der Waals surface area contributed by atoms with Crippen LogP contribution in [0.1, 0.15) is 16.9 Å². The molecule has 0 aliphatic heterocycles. The van der Waals surface area contributed by atoms with Crippen LogP contribution in [0.2, 0.25) is 0 Å². The van der Waals surface area contributed by atoms with Crippen LogP contribution >= 0.6 is 23.1 Å². The summed E-state index contributed by atoms with van der Waals surface area (Å²) in [7, 11) is 4.20. The minimum absolute atomic E-state index is 0.143. The number of rotatable bonds is 6. The van der Waals surface area contributed by atoms with Crippen molar-refractivity contribution in [3.8, 4) is 11.8 Å². The molecule has 1 aromatic rings. The lowest BCUT2D eigenvalue weighted by atomic mass is 10.3. The van der Waals surface area contributed by atoms with Crippen molar-refractivity contribution in [2.24, 2.45) is 0 Å². The molecule has 0 amide bonds. The van der Waals surface area contributed by atoms with E-state index in [1.165, 1.54) is 4.88 Å². The average Bonchev–Trinajstić information content (AvgIpc) is 2.73. The van der Waals surface area contributed by atoms with Gasteiger partial charge in [0.25, 0.3) is 0 Å². The Morgan fingerprint density at radius 1 is 1.47 bits per heavy atom. The second-order valence-electron chi connectivity index (χ2n) is 3.93. The van der Waals surface area contributed by atoms with E-state index in [0.717, 1.165) is 23.6 Å². The van der Waals surface area contributed by atoms with E-state index in [1.807, 2.05) is 11.8 Å². The number of hydrogen-bond donors (Lipinski definition) is 1. The highest BCUT2D eigenvalue weighted by Gasteiger charge is 1.98. The van der Waals surface area contributed by atoms with Gasteiger partial charge in [0, 0.05) is 40.3 Å². The maximum Gasteiger partial charge on any atom is 0.0540 e. The number of aliphatic hydroxyl groups excluding tert-OH is 1. The van der Waals surface area contributed by atoms with Crippen molar-refractivity contribution in [2.75, 3.05) is 33.0 Å². The van der Waals surface area contributed by atoms with Gasteiger partial charge in [-0.05, 0) is 20.2 Å². The molecule has 1 rings (SSSR count). The third-order valence-corrected chi connectivity index (χ3v) is 4.16. The zero-order valence-corrected chi connectivity index (χ0v) is 12.0. The summed E-state index contributed by atoms with van der Waals surface area (Å²) in [6, 6.07) is 2.15. The van der Waals surface area contributed by atoms with Crippen LogP contribution in [0.25, 0.3) is 0 Å². The Balaban J connectivity index is 2.29. The van der Waals surface area contributed by atoms with Crippen molar-refractivity contribution in [1.29, 1.82) is 0 Å². The lowest BCUT2D eigenvalue weighted by Crippen LogP contribution is -2.14. The number of nitrogens with zero attached hydrogens (tertiary/aromatic N) is 1. The van der Waals surface area contributed by atoms with E-state index in [-0.39, 0.29) is 6.61 Å². The molecule has 1 heterocycles. The third kappa shape index (κ3) is 6.75. The van der Waals surface area contributed by atoms with E-state index in [4.69, 9.17) is 5.11 Å². The number of aliphatic hydroxyl groups is 1. The Hall–Kier alpha value is -0.470. The summed E-state index contributed by atoms with van der Waals surface area (Å²) in [5, 5.41) is 10.7. The zero-order valence-electron chi connectivity index (χ0n) is 10.4. The molecule has 2 nitrogen and oxygen atoms in total. The molecule has 4 heteroatoms. The highest BCUT2D eigenvalue weighted by atomic mass is 32.2. The van der Waals surface area contributed by atoms with Gasteiger partial charge >= 0.3 is 0 Å². The van der Waals surface area contributed by atoms with Gasteiger partial charge in [-0.15, -0.1) is 11.3 Å². The maximum atomic E-state index is 8.63. The zero-order chi connectivity index (χ0) is 12.5. The molecule has 1 aromatic heterocycles. The summed E-state index contributed by atoms with van der Waals surface area (Å²) in [6.07, 6.45) is 0.558. The van der Waals surface area contributed by atoms with Crippen LogP contribution in [0, 0.1) is 11.8 Å². The molecule has 0 fully saturated rings. The molecule has 1 N–H and O–H groups in total. The minimum atomic E-state index is 0.143. The average molecular weight is 269 g/mol. The van der Waals surface area contributed by atoms with E-state index >= 15 is 0 Å². The first-order valence-corrected chi connectivity index (χ1v) is 7.65. The Bertz CT molecular complexity index is 376. The lowest BCUT2D eigenvalue weighted by Gasteiger charge is -2.07. The van der Waals surface area contributed by atoms with Crippen LogP contribution in [0.3, 0.4) is 0 Å². The van der Waals surface area contributed by atoms with Gasteiger partial charge < -0.3 is 10.0 Å². The minimum Gasteiger partial charge on any atom is -0.395 e. The van der Waals surface area contributed by atoms with E-state index in [2.05, 4.69) is 42.3 Å². The van der Waals surface area contributed by atoms with Crippen molar-refractivity contribution in [1.82, 2.24) is 4.90 Å². The van der Waals surface area contributed by atoms with E-state index < -0.39 is 0 Å². The molecule has 0 bridgehead atoms. The largest absolute Gasteiger partial charge is 0.395 e. The van der Waals surface area contributed by atoms with Crippen LogP contribution in [0.4, 0.5) is 0 Å². The molecule has 0 radical (unpaired) electrons. The molecule has 0 spiro atoms. The molecular formula is C13H19NOS2. The Kier molecular flexibility index (Phi) is 7.38. The van der Waals surface area contributed by atoms with Crippen molar-refractivity contribution >= 4 is 23.1 Å². The first-order chi connectivity index (χ1) is 8.22. The summed E-state index contributed by atoms with van der Waals surface area (Å²) in [5.41, 5.74) is 1.08. The quantitative estimate of drug-likeness (QED) is 0.633. The second-order valence-corrected chi connectivity index (χ2v) is 6.03. The van der Waals surface area contributed by atoms with Gasteiger partial charge in [0.2, 0.25) is 0 Å². The fourth-order valence-corrected chi connectivity index (χ4v) is 3.21. The SMILES string of the molecule is CN(C)CCSCc1cc(C#CCCO)cs1. The molecule has 0 atom stereocenters. The highest BCUT2D eigenvalue weighted by molar-refractivity contribution is 7.98. The predicted octanol–water partition coefficient (Wildman–Crippen LogP) is 2.28. The van der Waals surface area contributed by atoms with Crippen LogP contribution in [-0.2, 0) is 5.75 Å². The van der Waals surface area contributed by atoms with Crippen LogP contribution in [0.15, 0.2) is 11.4 Å². The van der Waals surface area contributed by atoms with Gasteiger partial charge in [0.15, 0.2) is 0 Å². The standard InChI is InChI=1S/C13H19NOS2/c1-14(2)6-8-16-11-13-9-12(10-17-13)5-3-4-7-15/h9-10,15H,4,6-8,11H2,1-2H3. The monoisotopic (exact) mass is 269 g/mol. The number of thiophene rings is 1. The molecule has 0 aliphatic carbocycles. The fourth-order valence-electron chi connectivity index (χ4n) is 1.16. The molecule has 0 saturated heterocycles. The summed E-state index contributed by atoms with van der Waals surface area (Å²) >= 11 is 3.72. The van der Waals surface area contributed by atoms with Gasteiger partial charge in [-0.3, -0.25) is 0 Å². The number of hydrogen-bond acceptors (Lipinski definition) is 4. The maximum absolute atomic E-state index is 8.63. The van der Waals surface area contributed by atoms with E-state index in [1.54, 1.807) is 11.3 Å². The lowest BCUT2D eigenvalue weighted by molar-refractivity contribution is 0.305. The van der Waals surface area contributed by atoms with Crippen molar-refractivity contribution in [3.63, 3.8) is 0 Å². The summed E-state index contributed by atoms with van der Waals surface area (Å²) in [4.78, 5) is 3.58. The predicted molar refractivity (Wildman–Crippen MR) is 77.6 cm³/mol. The van der Waals surface area contributed by atoms with Crippen molar-refractivity contribution < 1.29 is 5.11 Å². The molecular weight excluding hydrogens is 250 g/mol. The topological polar surface area (TPSA) is 23.5 Å². The van der Waals surface area contributed by atoms with Gasteiger partial charge in [0.1, 0.15) is 0 Å². The fraction of sp³-hybridized carbons (Fsp3) is 0.538. The van der Waals surface area contributed by atoms with Crippen LogP contribution < -0.4 is 0 Å². The first kappa shape index (κ1) is 14.6. The molecule has 0 aliphatic rings. The van der Waals surface area contributed by atoms with Crippen LogP contribution in [-0.4, -0.2) is 43.0 Å². The Morgan fingerprint density at radius 3 is 3.00 bits per heavy atom. The summed E-state index contributed by atoms with van der Waals surface area (Å²) in [5.74, 6) is 8.23.